The van der Waals surface area contributed by atoms with Gasteiger partial charge in [0.1, 0.15) is 0 Å². The highest BCUT2D eigenvalue weighted by Gasteiger charge is 2.36. The van der Waals surface area contributed by atoms with Gasteiger partial charge in [-0.3, -0.25) is 9.69 Å². The zero-order valence-electron chi connectivity index (χ0n) is 9.85. The van der Waals surface area contributed by atoms with Gasteiger partial charge in [0.25, 0.3) is 0 Å². The topological polar surface area (TPSA) is 44.4 Å². The number of carbonyl (C=O) groups is 1. The van der Waals surface area contributed by atoms with Gasteiger partial charge in [-0.15, -0.1) is 24.8 Å². The number of piperidine rings is 1. The molecule has 2 N–H and O–H groups in total. The van der Waals surface area contributed by atoms with Crippen LogP contribution < -0.4 is 10.6 Å². The van der Waals surface area contributed by atoms with Crippen LogP contribution in [0.4, 0.5) is 0 Å². The second-order valence-corrected chi connectivity index (χ2v) is 5.08. The highest BCUT2D eigenvalue weighted by molar-refractivity contribution is 5.85. The van der Waals surface area contributed by atoms with Gasteiger partial charge in [0.15, 0.2) is 0 Å². The summed E-state index contributed by atoms with van der Waals surface area (Å²) in [5.41, 5.74) is 0. The minimum atomic E-state index is 0. The third-order valence-corrected chi connectivity index (χ3v) is 4.03. The van der Waals surface area contributed by atoms with E-state index >= 15 is 0 Å². The Hall–Kier alpha value is -0.0300. The molecule has 17 heavy (non-hydrogen) atoms. The van der Waals surface area contributed by atoms with Crippen LogP contribution in [0.15, 0.2) is 0 Å². The van der Waals surface area contributed by atoms with Gasteiger partial charge >= 0.3 is 0 Å². The largest absolute Gasteiger partial charge is 0.354 e. The molecule has 2 atom stereocenters. The minimum Gasteiger partial charge on any atom is -0.354 e. The molecular weight excluding hydrogens is 261 g/mol. The molecule has 1 amide bonds. The Morgan fingerprint density at radius 1 is 1.12 bits per heavy atom. The first-order valence-corrected chi connectivity index (χ1v) is 6.08. The lowest BCUT2D eigenvalue weighted by atomic mass is 9.97. The van der Waals surface area contributed by atoms with Crippen LogP contribution in [0.2, 0.25) is 0 Å². The lowest BCUT2D eigenvalue weighted by Gasteiger charge is -2.39. The lowest BCUT2D eigenvalue weighted by Crippen LogP contribution is -2.55. The molecule has 3 rings (SSSR count). The van der Waals surface area contributed by atoms with E-state index in [1.165, 1.54) is 25.7 Å². The summed E-state index contributed by atoms with van der Waals surface area (Å²) in [7, 11) is 0. The summed E-state index contributed by atoms with van der Waals surface area (Å²) < 4.78 is 0. The van der Waals surface area contributed by atoms with Crippen molar-refractivity contribution in [2.75, 3.05) is 19.6 Å². The normalized spacial score (nSPS) is 36.7. The second kappa shape index (κ2) is 6.23. The number of carbonyl (C=O) groups excluding carboxylic acids is 1. The molecule has 0 saturated carbocycles. The lowest BCUT2D eigenvalue weighted by molar-refractivity contribution is -0.125. The number of hydrogen-bond acceptors (Lipinski definition) is 3. The minimum absolute atomic E-state index is 0. The highest BCUT2D eigenvalue weighted by atomic mass is 35.5. The molecule has 3 aliphatic rings. The molecular formula is C11H21Cl2N3O. The van der Waals surface area contributed by atoms with Gasteiger partial charge in [-0.1, -0.05) is 0 Å². The van der Waals surface area contributed by atoms with Crippen molar-refractivity contribution in [3.63, 3.8) is 0 Å². The monoisotopic (exact) mass is 281 g/mol. The van der Waals surface area contributed by atoms with Crippen LogP contribution in [-0.4, -0.2) is 48.6 Å². The molecule has 3 aliphatic heterocycles. The predicted molar refractivity (Wildman–Crippen MR) is 72.0 cm³/mol. The molecule has 3 saturated heterocycles. The number of halogens is 2. The average Bonchev–Trinajstić information content (AvgIpc) is 2.58. The summed E-state index contributed by atoms with van der Waals surface area (Å²) in [5, 5.41) is 6.54. The van der Waals surface area contributed by atoms with Gasteiger partial charge in [-0.05, 0) is 25.7 Å². The third-order valence-electron chi connectivity index (χ3n) is 4.03. The van der Waals surface area contributed by atoms with E-state index in [0.29, 0.717) is 12.6 Å². The summed E-state index contributed by atoms with van der Waals surface area (Å²) in [6.07, 6.45) is 5.15. The van der Waals surface area contributed by atoms with Crippen molar-refractivity contribution in [1.29, 1.82) is 0 Å². The molecule has 4 nitrogen and oxygen atoms in total. The van der Waals surface area contributed by atoms with Crippen LogP contribution >= 0.6 is 24.8 Å². The number of amides is 1. The Balaban J connectivity index is 0.000000722. The van der Waals surface area contributed by atoms with Crippen molar-refractivity contribution >= 4 is 30.7 Å². The van der Waals surface area contributed by atoms with Gasteiger partial charge in [-0.2, -0.15) is 0 Å². The molecule has 2 bridgehead atoms. The molecule has 2 unspecified atom stereocenters. The number of piperazine rings is 1. The molecule has 3 heterocycles. The summed E-state index contributed by atoms with van der Waals surface area (Å²) >= 11 is 0. The van der Waals surface area contributed by atoms with E-state index in [1.54, 1.807) is 0 Å². The fourth-order valence-corrected chi connectivity index (χ4v) is 3.30. The van der Waals surface area contributed by atoms with Crippen molar-refractivity contribution in [3.05, 3.63) is 0 Å². The summed E-state index contributed by atoms with van der Waals surface area (Å²) in [5.74, 6) is 0.201. The van der Waals surface area contributed by atoms with Crippen molar-refractivity contribution < 1.29 is 4.79 Å². The van der Waals surface area contributed by atoms with Crippen LogP contribution in [0.1, 0.15) is 25.7 Å². The van der Waals surface area contributed by atoms with Crippen LogP contribution in [0.3, 0.4) is 0 Å². The van der Waals surface area contributed by atoms with E-state index in [2.05, 4.69) is 15.5 Å². The molecule has 0 spiro atoms. The van der Waals surface area contributed by atoms with Gasteiger partial charge in [0.05, 0.1) is 6.54 Å². The van der Waals surface area contributed by atoms with Gasteiger partial charge in [0, 0.05) is 31.2 Å². The number of fused-ring (bicyclic) bond motifs is 2. The van der Waals surface area contributed by atoms with E-state index in [0.717, 1.165) is 25.2 Å². The second-order valence-electron chi connectivity index (χ2n) is 5.08. The standard InChI is InChI=1S/C11H19N3O.2ClH/c15-11-7-14(4-3-12-11)10-5-8-1-2-9(6-10)13-8;;/h8-10,13H,1-7H2,(H,12,15);2*1H. The van der Waals surface area contributed by atoms with E-state index in [4.69, 9.17) is 0 Å². The SMILES string of the molecule is Cl.Cl.O=C1CN(C2CC3CCC(C2)N3)CCN1. The number of nitrogens with one attached hydrogen (secondary N) is 2. The molecule has 0 aromatic rings. The fourth-order valence-electron chi connectivity index (χ4n) is 3.30. The first-order valence-electron chi connectivity index (χ1n) is 6.08. The van der Waals surface area contributed by atoms with Crippen molar-refractivity contribution in [3.8, 4) is 0 Å². The number of hydrogen-bond donors (Lipinski definition) is 2. The zero-order chi connectivity index (χ0) is 10.3. The Morgan fingerprint density at radius 3 is 2.35 bits per heavy atom. The van der Waals surface area contributed by atoms with Gasteiger partial charge in [-0.25, -0.2) is 0 Å². The molecule has 0 radical (unpaired) electrons. The van der Waals surface area contributed by atoms with Crippen LogP contribution in [0.5, 0.6) is 0 Å². The quantitative estimate of drug-likeness (QED) is 0.738. The molecule has 0 aliphatic carbocycles. The van der Waals surface area contributed by atoms with Crippen LogP contribution in [0.25, 0.3) is 0 Å². The Morgan fingerprint density at radius 2 is 1.76 bits per heavy atom. The third kappa shape index (κ3) is 3.25. The Bertz CT molecular complexity index is 265. The van der Waals surface area contributed by atoms with Crippen LogP contribution in [0, 0.1) is 0 Å². The summed E-state index contributed by atoms with van der Waals surface area (Å²) in [6.45, 7) is 2.48. The predicted octanol–water partition coefficient (Wildman–Crippen LogP) is 0.545. The summed E-state index contributed by atoms with van der Waals surface area (Å²) in [6, 6.07) is 2.09. The van der Waals surface area contributed by atoms with E-state index < -0.39 is 0 Å². The maximum Gasteiger partial charge on any atom is 0.234 e. The van der Waals surface area contributed by atoms with Crippen molar-refractivity contribution in [2.45, 2.75) is 43.8 Å². The zero-order valence-corrected chi connectivity index (χ0v) is 11.5. The highest BCUT2D eigenvalue weighted by Crippen LogP contribution is 2.29. The maximum atomic E-state index is 11.3. The Labute approximate surface area is 115 Å². The van der Waals surface area contributed by atoms with Crippen molar-refractivity contribution in [1.82, 2.24) is 15.5 Å². The molecule has 3 fully saturated rings. The van der Waals surface area contributed by atoms with Crippen LogP contribution in [-0.2, 0) is 4.79 Å². The van der Waals surface area contributed by atoms with E-state index in [9.17, 15) is 4.79 Å². The number of rotatable bonds is 1. The van der Waals surface area contributed by atoms with Crippen molar-refractivity contribution in [2.24, 2.45) is 0 Å². The maximum absolute atomic E-state index is 11.3. The van der Waals surface area contributed by atoms with E-state index in [-0.39, 0.29) is 30.7 Å². The number of nitrogens with zero attached hydrogens (tertiary/aromatic N) is 1. The Kier molecular flexibility index (Phi) is 5.51. The molecule has 0 aromatic carbocycles. The fraction of sp³-hybridized carbons (Fsp3) is 0.909. The smallest absolute Gasteiger partial charge is 0.234 e. The molecule has 6 heteroatoms. The first-order chi connectivity index (χ1) is 7.31. The summed E-state index contributed by atoms with van der Waals surface area (Å²) in [4.78, 5) is 13.7. The van der Waals surface area contributed by atoms with E-state index in [1.807, 2.05) is 0 Å². The first kappa shape index (κ1) is 15.0. The van der Waals surface area contributed by atoms with Gasteiger partial charge < -0.3 is 10.6 Å². The average molecular weight is 282 g/mol. The van der Waals surface area contributed by atoms with Gasteiger partial charge in [0.2, 0.25) is 5.91 Å². The molecule has 0 aromatic heterocycles. The molecule has 100 valence electrons.